The molecule has 0 amide bonds. The quantitative estimate of drug-likeness (QED) is 0.695. The van der Waals surface area contributed by atoms with E-state index in [0.717, 1.165) is 13.0 Å². The molecule has 0 aliphatic heterocycles. The molecule has 0 fully saturated rings. The molecule has 0 atom stereocenters. The van der Waals surface area contributed by atoms with Gasteiger partial charge in [-0.25, -0.2) is 4.39 Å². The lowest BCUT2D eigenvalue weighted by molar-refractivity contribution is 0.626. The Morgan fingerprint density at radius 2 is 1.91 bits per heavy atom. The first-order valence-electron chi connectivity index (χ1n) is 3.72. The Kier molecular flexibility index (Phi) is 3.05. The van der Waals surface area contributed by atoms with Crippen molar-refractivity contribution in [2.45, 2.75) is 6.42 Å². The first kappa shape index (κ1) is 8.21. The van der Waals surface area contributed by atoms with Gasteiger partial charge in [0, 0.05) is 0 Å². The average Bonchev–Trinajstić information content (AvgIpc) is 2.04. The van der Waals surface area contributed by atoms with Crippen molar-refractivity contribution in [2.75, 3.05) is 13.6 Å². The normalized spacial score (nSPS) is 10.0. The first-order valence-corrected chi connectivity index (χ1v) is 3.72. The highest BCUT2D eigenvalue weighted by molar-refractivity contribution is 5.16. The molecular weight excluding hydrogens is 141 g/mol. The minimum absolute atomic E-state index is 0.168. The molecule has 2 heteroatoms. The van der Waals surface area contributed by atoms with Gasteiger partial charge in [0.1, 0.15) is 5.82 Å². The third-order valence-electron chi connectivity index (χ3n) is 1.58. The van der Waals surface area contributed by atoms with E-state index >= 15 is 0 Å². The van der Waals surface area contributed by atoms with E-state index in [2.05, 4.69) is 5.32 Å². The maximum absolute atomic E-state index is 12.4. The number of hydrogen-bond acceptors (Lipinski definition) is 1. The number of rotatable bonds is 3. The Hall–Kier alpha value is -0.890. The van der Waals surface area contributed by atoms with Crippen LogP contribution in [0.25, 0.3) is 0 Å². The van der Waals surface area contributed by atoms with E-state index in [0.29, 0.717) is 0 Å². The van der Waals surface area contributed by atoms with E-state index in [-0.39, 0.29) is 5.82 Å². The molecular formula is C9H12FN. The summed E-state index contributed by atoms with van der Waals surface area (Å²) in [5.41, 5.74) is 1.17. The molecule has 0 saturated heterocycles. The number of halogens is 1. The summed E-state index contributed by atoms with van der Waals surface area (Å²) in [7, 11) is 1.91. The molecule has 1 rings (SSSR count). The third-order valence-corrected chi connectivity index (χ3v) is 1.58. The van der Waals surface area contributed by atoms with E-state index < -0.39 is 0 Å². The van der Waals surface area contributed by atoms with Gasteiger partial charge in [-0.05, 0) is 37.7 Å². The van der Waals surface area contributed by atoms with Gasteiger partial charge in [0.25, 0.3) is 0 Å². The zero-order valence-electron chi connectivity index (χ0n) is 6.60. The Morgan fingerprint density at radius 3 is 2.45 bits per heavy atom. The monoisotopic (exact) mass is 153 g/mol. The summed E-state index contributed by atoms with van der Waals surface area (Å²) in [5.74, 6) is -0.168. The predicted molar refractivity (Wildman–Crippen MR) is 44.0 cm³/mol. The van der Waals surface area contributed by atoms with Crippen LogP contribution >= 0.6 is 0 Å². The maximum Gasteiger partial charge on any atom is 0.123 e. The van der Waals surface area contributed by atoms with Crippen LogP contribution in [0.3, 0.4) is 0 Å². The molecule has 0 saturated carbocycles. The number of benzene rings is 1. The van der Waals surface area contributed by atoms with Gasteiger partial charge in [-0.15, -0.1) is 0 Å². The van der Waals surface area contributed by atoms with E-state index in [1.165, 1.54) is 17.7 Å². The van der Waals surface area contributed by atoms with Crippen molar-refractivity contribution in [1.29, 1.82) is 0 Å². The molecule has 0 aliphatic carbocycles. The second-order valence-electron chi connectivity index (χ2n) is 2.48. The standard InChI is InChI=1S/C9H12FN/c1-11-7-6-8-2-4-9(10)5-3-8/h2-5,11H,6-7H2,1H3. The van der Waals surface area contributed by atoms with Crippen LogP contribution in [-0.2, 0) is 6.42 Å². The molecule has 11 heavy (non-hydrogen) atoms. The summed E-state index contributed by atoms with van der Waals surface area (Å²) in [5, 5.41) is 3.04. The molecule has 1 aromatic carbocycles. The van der Waals surface area contributed by atoms with Gasteiger partial charge in [-0.2, -0.15) is 0 Å². The molecule has 0 heterocycles. The highest BCUT2D eigenvalue weighted by Gasteiger charge is 1.91. The van der Waals surface area contributed by atoms with Gasteiger partial charge in [-0.3, -0.25) is 0 Å². The van der Waals surface area contributed by atoms with Crippen LogP contribution in [0.2, 0.25) is 0 Å². The lowest BCUT2D eigenvalue weighted by Gasteiger charge is -1.98. The lowest BCUT2D eigenvalue weighted by atomic mass is 10.1. The Morgan fingerprint density at radius 1 is 1.27 bits per heavy atom. The van der Waals surface area contributed by atoms with Crippen LogP contribution in [0.15, 0.2) is 24.3 Å². The molecule has 1 N–H and O–H groups in total. The van der Waals surface area contributed by atoms with Gasteiger partial charge in [0.05, 0.1) is 0 Å². The lowest BCUT2D eigenvalue weighted by Crippen LogP contribution is -2.10. The van der Waals surface area contributed by atoms with Crippen LogP contribution in [0, 0.1) is 5.82 Å². The molecule has 0 unspecified atom stereocenters. The molecule has 0 radical (unpaired) electrons. The Labute approximate surface area is 66.2 Å². The fourth-order valence-electron chi connectivity index (χ4n) is 0.920. The smallest absolute Gasteiger partial charge is 0.123 e. The summed E-state index contributed by atoms with van der Waals surface area (Å²) in [6.07, 6.45) is 0.955. The van der Waals surface area contributed by atoms with E-state index in [1.54, 1.807) is 0 Å². The highest BCUT2D eigenvalue weighted by Crippen LogP contribution is 2.02. The van der Waals surface area contributed by atoms with Crippen LogP contribution in [0.4, 0.5) is 4.39 Å². The van der Waals surface area contributed by atoms with E-state index in [1.807, 2.05) is 19.2 Å². The average molecular weight is 153 g/mol. The second kappa shape index (κ2) is 4.09. The second-order valence-corrected chi connectivity index (χ2v) is 2.48. The van der Waals surface area contributed by atoms with E-state index in [9.17, 15) is 4.39 Å². The van der Waals surface area contributed by atoms with Crippen molar-refractivity contribution in [1.82, 2.24) is 5.32 Å². The number of nitrogens with one attached hydrogen (secondary N) is 1. The predicted octanol–water partition coefficient (Wildman–Crippen LogP) is 1.59. The summed E-state index contributed by atoms with van der Waals surface area (Å²) in [6.45, 7) is 0.936. The Balaban J connectivity index is 2.52. The largest absolute Gasteiger partial charge is 0.319 e. The fourth-order valence-corrected chi connectivity index (χ4v) is 0.920. The highest BCUT2D eigenvalue weighted by atomic mass is 19.1. The molecule has 60 valence electrons. The minimum Gasteiger partial charge on any atom is -0.319 e. The summed E-state index contributed by atoms with van der Waals surface area (Å²) in [4.78, 5) is 0. The Bertz CT molecular complexity index is 205. The number of likely N-dealkylation sites (N-methyl/N-ethyl adjacent to an activating group) is 1. The summed E-state index contributed by atoms with van der Waals surface area (Å²) >= 11 is 0. The van der Waals surface area contributed by atoms with Gasteiger partial charge >= 0.3 is 0 Å². The van der Waals surface area contributed by atoms with Gasteiger partial charge in [-0.1, -0.05) is 12.1 Å². The van der Waals surface area contributed by atoms with E-state index in [4.69, 9.17) is 0 Å². The summed E-state index contributed by atoms with van der Waals surface area (Å²) < 4.78 is 12.4. The van der Waals surface area contributed by atoms with Crippen molar-refractivity contribution < 1.29 is 4.39 Å². The first-order chi connectivity index (χ1) is 5.33. The molecule has 0 bridgehead atoms. The molecule has 1 nitrogen and oxygen atoms in total. The van der Waals surface area contributed by atoms with Crippen molar-refractivity contribution in [2.24, 2.45) is 0 Å². The molecule has 1 aromatic rings. The van der Waals surface area contributed by atoms with Crippen molar-refractivity contribution in [3.05, 3.63) is 35.6 Å². The zero-order chi connectivity index (χ0) is 8.10. The third kappa shape index (κ3) is 2.68. The molecule has 0 spiro atoms. The van der Waals surface area contributed by atoms with Gasteiger partial charge in [0.15, 0.2) is 0 Å². The fraction of sp³-hybridized carbons (Fsp3) is 0.333. The minimum atomic E-state index is -0.168. The topological polar surface area (TPSA) is 12.0 Å². The van der Waals surface area contributed by atoms with Gasteiger partial charge < -0.3 is 5.32 Å². The van der Waals surface area contributed by atoms with Gasteiger partial charge in [0.2, 0.25) is 0 Å². The maximum atomic E-state index is 12.4. The van der Waals surface area contributed by atoms with Crippen molar-refractivity contribution in [3.8, 4) is 0 Å². The molecule has 0 aromatic heterocycles. The van der Waals surface area contributed by atoms with Crippen LogP contribution in [0.1, 0.15) is 5.56 Å². The zero-order valence-corrected chi connectivity index (χ0v) is 6.60. The summed E-state index contributed by atoms with van der Waals surface area (Å²) in [6, 6.07) is 6.61. The van der Waals surface area contributed by atoms with Crippen molar-refractivity contribution in [3.63, 3.8) is 0 Å². The van der Waals surface area contributed by atoms with Crippen LogP contribution < -0.4 is 5.32 Å². The van der Waals surface area contributed by atoms with Crippen molar-refractivity contribution >= 4 is 0 Å². The van der Waals surface area contributed by atoms with Crippen LogP contribution in [0.5, 0.6) is 0 Å². The van der Waals surface area contributed by atoms with Crippen LogP contribution in [-0.4, -0.2) is 13.6 Å². The SMILES string of the molecule is CNCCc1ccc(F)cc1. The number of hydrogen-bond donors (Lipinski definition) is 1. The molecule has 0 aliphatic rings.